The molecule has 3 rings (SSSR count). The summed E-state index contributed by atoms with van der Waals surface area (Å²) in [5.41, 5.74) is 2.03. The van der Waals surface area contributed by atoms with Crippen LogP contribution >= 0.6 is 0 Å². The topological polar surface area (TPSA) is 58.1 Å². The maximum absolute atomic E-state index is 12.3. The number of nitrogens with zero attached hydrogens (tertiary/aromatic N) is 3. The summed E-state index contributed by atoms with van der Waals surface area (Å²) in [6, 6.07) is 9.79. The van der Waals surface area contributed by atoms with Crippen molar-refractivity contribution in [3.8, 4) is 0 Å². The zero-order chi connectivity index (χ0) is 17.5. The zero-order valence-corrected chi connectivity index (χ0v) is 14.8. The minimum Gasteiger partial charge on any atom is -0.352 e. The zero-order valence-electron chi connectivity index (χ0n) is 14.8. The summed E-state index contributed by atoms with van der Waals surface area (Å²) in [6.45, 7) is 4.78. The molecule has 0 unspecified atom stereocenters. The molecular formula is C20H26N4O. The van der Waals surface area contributed by atoms with Crippen LogP contribution in [-0.4, -0.2) is 35.5 Å². The lowest BCUT2D eigenvalue weighted by atomic mass is 9.97. The molecule has 1 aromatic carbocycles. The number of hydrogen-bond donors (Lipinski definition) is 1. The molecule has 1 aromatic heterocycles. The number of amides is 1. The third-order valence-corrected chi connectivity index (χ3v) is 4.76. The van der Waals surface area contributed by atoms with E-state index in [0.29, 0.717) is 5.92 Å². The number of hydrogen-bond acceptors (Lipinski definition) is 4. The van der Waals surface area contributed by atoms with Crippen molar-refractivity contribution in [1.29, 1.82) is 0 Å². The number of carbonyl (C=O) groups excluding carboxylic acids is 1. The van der Waals surface area contributed by atoms with Crippen molar-refractivity contribution in [2.75, 3.05) is 24.5 Å². The van der Waals surface area contributed by atoms with Gasteiger partial charge in [0.1, 0.15) is 0 Å². The molecule has 5 nitrogen and oxygen atoms in total. The maximum Gasteiger partial charge on any atom is 0.251 e. The smallest absolute Gasteiger partial charge is 0.251 e. The molecule has 0 bridgehead atoms. The van der Waals surface area contributed by atoms with Crippen LogP contribution in [0.1, 0.15) is 42.1 Å². The highest BCUT2D eigenvalue weighted by Crippen LogP contribution is 2.19. The molecule has 0 saturated carbocycles. The number of aromatic nitrogens is 2. The van der Waals surface area contributed by atoms with Crippen LogP contribution in [0.15, 0.2) is 42.7 Å². The molecule has 1 saturated heterocycles. The maximum atomic E-state index is 12.3. The Bertz CT molecular complexity index is 664. The van der Waals surface area contributed by atoms with E-state index in [1.165, 1.54) is 5.56 Å². The molecule has 0 aliphatic carbocycles. The molecule has 5 heteroatoms. The second-order valence-electron chi connectivity index (χ2n) is 6.64. The average Bonchev–Trinajstić information content (AvgIpc) is 2.68. The normalized spacial score (nSPS) is 15.2. The van der Waals surface area contributed by atoms with Crippen LogP contribution in [0.2, 0.25) is 0 Å². The average molecular weight is 338 g/mol. The highest BCUT2D eigenvalue weighted by Gasteiger charge is 2.21. The van der Waals surface area contributed by atoms with Gasteiger partial charge >= 0.3 is 0 Å². The van der Waals surface area contributed by atoms with Crippen molar-refractivity contribution in [3.05, 3.63) is 53.9 Å². The summed E-state index contributed by atoms with van der Waals surface area (Å²) in [5.74, 6) is 1.34. The molecule has 0 radical (unpaired) electrons. The van der Waals surface area contributed by atoms with Crippen LogP contribution in [0.5, 0.6) is 0 Å². The van der Waals surface area contributed by atoms with Gasteiger partial charge in [-0.2, -0.15) is 0 Å². The van der Waals surface area contributed by atoms with Crippen molar-refractivity contribution >= 4 is 11.9 Å². The van der Waals surface area contributed by atoms with Gasteiger partial charge in [0.15, 0.2) is 0 Å². The Morgan fingerprint density at radius 1 is 1.16 bits per heavy atom. The molecule has 1 aliphatic heterocycles. The molecule has 2 aromatic rings. The fourth-order valence-electron chi connectivity index (χ4n) is 3.24. The van der Waals surface area contributed by atoms with E-state index in [1.807, 2.05) is 18.2 Å². The molecule has 1 amide bonds. The summed E-state index contributed by atoms with van der Waals surface area (Å²) in [5, 5.41) is 3.09. The fraction of sp³-hybridized carbons (Fsp3) is 0.450. The van der Waals surface area contributed by atoms with Crippen LogP contribution in [0.4, 0.5) is 5.95 Å². The van der Waals surface area contributed by atoms with Gasteiger partial charge in [0.2, 0.25) is 5.95 Å². The van der Waals surface area contributed by atoms with Gasteiger partial charge in [-0.3, -0.25) is 4.79 Å². The second kappa shape index (κ2) is 8.60. The number of anilines is 1. The van der Waals surface area contributed by atoms with Crippen molar-refractivity contribution in [2.45, 2.75) is 32.6 Å². The highest BCUT2D eigenvalue weighted by atomic mass is 16.1. The molecular weight excluding hydrogens is 312 g/mol. The van der Waals surface area contributed by atoms with Gasteiger partial charge in [0.05, 0.1) is 0 Å². The van der Waals surface area contributed by atoms with Crippen LogP contribution < -0.4 is 10.2 Å². The standard InChI is InChI=1S/C20H26N4O/c1-2-4-16-5-7-18(8-6-16)19(25)23-15-17-9-13-24(14-10-17)20-21-11-3-12-22-20/h3,5-8,11-12,17H,2,4,9-10,13-15H2,1H3,(H,23,25). The summed E-state index contributed by atoms with van der Waals surface area (Å²) < 4.78 is 0. The van der Waals surface area contributed by atoms with Crippen LogP contribution in [0, 0.1) is 5.92 Å². The van der Waals surface area contributed by atoms with E-state index in [1.54, 1.807) is 12.4 Å². The lowest BCUT2D eigenvalue weighted by Crippen LogP contribution is -2.39. The first-order valence-corrected chi connectivity index (χ1v) is 9.15. The third-order valence-electron chi connectivity index (χ3n) is 4.76. The predicted octanol–water partition coefficient (Wildman–Crippen LogP) is 3.08. The largest absolute Gasteiger partial charge is 0.352 e. The number of rotatable bonds is 6. The third kappa shape index (κ3) is 4.78. The van der Waals surface area contributed by atoms with Crippen molar-refractivity contribution in [3.63, 3.8) is 0 Å². The van der Waals surface area contributed by atoms with Crippen LogP contribution in [0.25, 0.3) is 0 Å². The van der Waals surface area contributed by atoms with E-state index in [-0.39, 0.29) is 5.91 Å². The minimum absolute atomic E-state index is 0.0249. The van der Waals surface area contributed by atoms with Crippen LogP contribution in [0.3, 0.4) is 0 Å². The number of piperidine rings is 1. The Morgan fingerprint density at radius 2 is 1.84 bits per heavy atom. The van der Waals surface area contributed by atoms with Gasteiger partial charge in [-0.15, -0.1) is 0 Å². The lowest BCUT2D eigenvalue weighted by molar-refractivity contribution is 0.0945. The Hall–Kier alpha value is -2.43. The Kier molecular flexibility index (Phi) is 5.99. The second-order valence-corrected chi connectivity index (χ2v) is 6.64. The first-order valence-electron chi connectivity index (χ1n) is 9.15. The Labute approximate surface area is 149 Å². The monoisotopic (exact) mass is 338 g/mol. The van der Waals surface area contributed by atoms with Crippen molar-refractivity contribution in [1.82, 2.24) is 15.3 Å². The molecule has 0 spiro atoms. The molecule has 25 heavy (non-hydrogen) atoms. The number of carbonyl (C=O) groups is 1. The fourth-order valence-corrected chi connectivity index (χ4v) is 3.24. The van der Waals surface area contributed by atoms with E-state index >= 15 is 0 Å². The molecule has 1 fully saturated rings. The SMILES string of the molecule is CCCc1ccc(C(=O)NCC2CCN(c3ncccn3)CC2)cc1. The summed E-state index contributed by atoms with van der Waals surface area (Å²) in [7, 11) is 0. The van der Waals surface area contributed by atoms with Gasteiger partial charge in [0, 0.05) is 37.6 Å². The number of nitrogens with one attached hydrogen (secondary N) is 1. The first kappa shape index (κ1) is 17.4. The molecule has 0 atom stereocenters. The lowest BCUT2D eigenvalue weighted by Gasteiger charge is -2.31. The molecule has 2 heterocycles. The Morgan fingerprint density at radius 3 is 2.48 bits per heavy atom. The van der Waals surface area contributed by atoms with Crippen molar-refractivity contribution < 1.29 is 4.79 Å². The minimum atomic E-state index is 0.0249. The van der Waals surface area contributed by atoms with Gasteiger partial charge < -0.3 is 10.2 Å². The molecule has 1 N–H and O–H groups in total. The van der Waals surface area contributed by atoms with E-state index in [9.17, 15) is 4.79 Å². The summed E-state index contributed by atoms with van der Waals surface area (Å²) >= 11 is 0. The summed E-state index contributed by atoms with van der Waals surface area (Å²) in [4.78, 5) is 23.1. The highest BCUT2D eigenvalue weighted by molar-refractivity contribution is 5.94. The van der Waals surface area contributed by atoms with Crippen molar-refractivity contribution in [2.24, 2.45) is 5.92 Å². The summed E-state index contributed by atoms with van der Waals surface area (Å²) in [6.07, 6.45) is 7.84. The number of benzene rings is 1. The van der Waals surface area contributed by atoms with Gasteiger partial charge in [-0.05, 0) is 48.9 Å². The van der Waals surface area contributed by atoms with Crippen LogP contribution in [-0.2, 0) is 6.42 Å². The number of aryl methyl sites for hydroxylation is 1. The molecule has 1 aliphatic rings. The van der Waals surface area contributed by atoms with Gasteiger partial charge in [-0.1, -0.05) is 25.5 Å². The van der Waals surface area contributed by atoms with E-state index < -0.39 is 0 Å². The quantitative estimate of drug-likeness (QED) is 0.879. The van der Waals surface area contributed by atoms with Gasteiger partial charge in [-0.25, -0.2) is 9.97 Å². The predicted molar refractivity (Wildman–Crippen MR) is 99.7 cm³/mol. The molecule has 132 valence electrons. The van der Waals surface area contributed by atoms with Gasteiger partial charge in [0.25, 0.3) is 5.91 Å². The van der Waals surface area contributed by atoms with E-state index in [2.05, 4.69) is 39.2 Å². The van der Waals surface area contributed by atoms with E-state index in [4.69, 9.17) is 0 Å². The van der Waals surface area contributed by atoms with E-state index in [0.717, 1.165) is 56.8 Å². The Balaban J connectivity index is 1.44. The first-order chi connectivity index (χ1) is 12.3.